The van der Waals surface area contributed by atoms with Crippen LogP contribution in [0.15, 0.2) is 48.5 Å². The number of halogens is 4. The molecule has 3 nitrogen and oxygen atoms in total. The van der Waals surface area contributed by atoms with Gasteiger partial charge in [0.2, 0.25) is 0 Å². The van der Waals surface area contributed by atoms with E-state index in [4.69, 9.17) is 16.3 Å². The summed E-state index contributed by atoms with van der Waals surface area (Å²) in [5, 5.41) is 2.68. The number of rotatable bonds is 4. The molecule has 1 amide bonds. The Morgan fingerprint density at radius 2 is 1.86 bits per heavy atom. The number of benzene rings is 2. The molecule has 0 atom stereocenters. The van der Waals surface area contributed by atoms with Gasteiger partial charge in [-0.05, 0) is 30.3 Å². The summed E-state index contributed by atoms with van der Waals surface area (Å²) in [6.45, 7) is -0.361. The Hall–Kier alpha value is -2.21. The van der Waals surface area contributed by atoms with Gasteiger partial charge in [0.15, 0.2) is 6.61 Å². The Balaban J connectivity index is 1.97. The van der Waals surface area contributed by atoms with Crippen LogP contribution in [-0.4, -0.2) is 12.5 Å². The number of carbonyl (C=O) groups excluding carboxylic acids is 1. The molecule has 0 aromatic heterocycles. The lowest BCUT2D eigenvalue weighted by Crippen LogP contribution is -2.20. The quantitative estimate of drug-likeness (QED) is 0.904. The zero-order valence-electron chi connectivity index (χ0n) is 11.2. The zero-order valence-corrected chi connectivity index (χ0v) is 11.9. The molecule has 0 aliphatic rings. The summed E-state index contributed by atoms with van der Waals surface area (Å²) in [6, 6.07) is 10.9. The first kappa shape index (κ1) is 16.2. The number of nitrogens with one attached hydrogen (secondary N) is 1. The van der Waals surface area contributed by atoms with Crippen molar-refractivity contribution in [1.82, 2.24) is 0 Å². The largest absolute Gasteiger partial charge is 0.482 e. The minimum atomic E-state index is -4.46. The molecule has 116 valence electrons. The van der Waals surface area contributed by atoms with E-state index in [-0.39, 0.29) is 12.3 Å². The molecule has 0 heterocycles. The lowest BCUT2D eigenvalue weighted by atomic mass is 10.2. The van der Waals surface area contributed by atoms with Crippen LogP contribution in [-0.2, 0) is 11.0 Å². The summed E-state index contributed by atoms with van der Waals surface area (Å²) in [6.07, 6.45) is -4.46. The van der Waals surface area contributed by atoms with E-state index >= 15 is 0 Å². The Bertz CT molecular complexity index is 674. The van der Waals surface area contributed by atoms with E-state index in [1.165, 1.54) is 12.1 Å². The summed E-state index contributed by atoms with van der Waals surface area (Å²) in [5.74, 6) is -0.261. The van der Waals surface area contributed by atoms with Crippen LogP contribution in [0.25, 0.3) is 0 Å². The topological polar surface area (TPSA) is 38.3 Å². The summed E-state index contributed by atoms with van der Waals surface area (Å²) >= 11 is 5.86. The average molecular weight is 330 g/mol. The van der Waals surface area contributed by atoms with Gasteiger partial charge in [-0.25, -0.2) is 0 Å². The van der Waals surface area contributed by atoms with E-state index in [0.29, 0.717) is 10.8 Å². The molecule has 7 heteroatoms. The van der Waals surface area contributed by atoms with Gasteiger partial charge < -0.3 is 10.1 Å². The Kier molecular flexibility index (Phi) is 4.92. The van der Waals surface area contributed by atoms with E-state index in [9.17, 15) is 18.0 Å². The number of carbonyl (C=O) groups is 1. The monoisotopic (exact) mass is 329 g/mol. The third kappa shape index (κ3) is 4.39. The second kappa shape index (κ2) is 6.70. The molecule has 0 saturated heterocycles. The fourth-order valence-corrected chi connectivity index (χ4v) is 1.87. The van der Waals surface area contributed by atoms with Gasteiger partial charge in [-0.1, -0.05) is 29.8 Å². The van der Waals surface area contributed by atoms with E-state index in [1.807, 2.05) is 0 Å². The highest BCUT2D eigenvalue weighted by molar-refractivity contribution is 6.32. The normalized spacial score (nSPS) is 11.1. The molecule has 0 saturated carbocycles. The Morgan fingerprint density at radius 3 is 2.55 bits per heavy atom. The van der Waals surface area contributed by atoms with E-state index in [1.54, 1.807) is 24.3 Å². The number of anilines is 1. The van der Waals surface area contributed by atoms with Crippen LogP contribution in [0.2, 0.25) is 5.02 Å². The van der Waals surface area contributed by atoms with Crippen molar-refractivity contribution in [2.45, 2.75) is 6.18 Å². The van der Waals surface area contributed by atoms with Crippen molar-refractivity contribution in [2.75, 3.05) is 11.9 Å². The highest BCUT2D eigenvalue weighted by atomic mass is 35.5. The van der Waals surface area contributed by atoms with Crippen molar-refractivity contribution < 1.29 is 22.7 Å². The third-order valence-corrected chi connectivity index (χ3v) is 2.98. The van der Waals surface area contributed by atoms with Crippen molar-refractivity contribution in [3.8, 4) is 5.75 Å². The van der Waals surface area contributed by atoms with Crippen molar-refractivity contribution in [3.63, 3.8) is 0 Å². The molecule has 0 radical (unpaired) electrons. The van der Waals surface area contributed by atoms with Crippen LogP contribution in [0.3, 0.4) is 0 Å². The standard InChI is InChI=1S/C15H11ClF3NO2/c16-12-6-1-2-7-13(12)22-9-14(21)20-11-5-3-4-10(8-11)15(17,18)19/h1-8H,9H2,(H,20,21). The molecule has 0 fully saturated rings. The molecule has 0 aliphatic heterocycles. The number of hydrogen-bond donors (Lipinski definition) is 1. The molecular formula is C15H11ClF3NO2. The van der Waals surface area contributed by atoms with Crippen molar-refractivity contribution >= 4 is 23.2 Å². The summed E-state index contributed by atoms with van der Waals surface area (Å²) in [5.41, 5.74) is -0.792. The fraction of sp³-hybridized carbons (Fsp3) is 0.133. The Labute approximate surface area is 129 Å². The highest BCUT2D eigenvalue weighted by Gasteiger charge is 2.30. The predicted molar refractivity (Wildman–Crippen MR) is 77.0 cm³/mol. The first-order chi connectivity index (χ1) is 10.4. The van der Waals surface area contributed by atoms with Crippen LogP contribution >= 0.6 is 11.6 Å². The summed E-state index contributed by atoms with van der Waals surface area (Å²) in [7, 11) is 0. The maximum absolute atomic E-state index is 12.6. The van der Waals surface area contributed by atoms with Gasteiger partial charge in [-0.3, -0.25) is 4.79 Å². The molecule has 0 unspecified atom stereocenters. The average Bonchev–Trinajstić information content (AvgIpc) is 2.46. The smallest absolute Gasteiger partial charge is 0.416 e. The van der Waals surface area contributed by atoms with Crippen LogP contribution < -0.4 is 10.1 Å². The Morgan fingerprint density at radius 1 is 1.14 bits per heavy atom. The maximum Gasteiger partial charge on any atom is 0.416 e. The third-order valence-electron chi connectivity index (χ3n) is 2.67. The molecule has 2 rings (SSSR count). The van der Waals surface area contributed by atoms with Crippen molar-refractivity contribution in [3.05, 3.63) is 59.1 Å². The minimum absolute atomic E-state index is 0.0441. The van der Waals surface area contributed by atoms with Crippen LogP contribution in [0.5, 0.6) is 5.75 Å². The lowest BCUT2D eigenvalue weighted by Gasteiger charge is -2.11. The highest BCUT2D eigenvalue weighted by Crippen LogP contribution is 2.30. The number of hydrogen-bond acceptors (Lipinski definition) is 2. The predicted octanol–water partition coefficient (Wildman–Crippen LogP) is 4.38. The van der Waals surface area contributed by atoms with Gasteiger partial charge in [-0.2, -0.15) is 13.2 Å². The molecule has 2 aromatic rings. The first-order valence-electron chi connectivity index (χ1n) is 6.21. The second-order valence-corrected chi connectivity index (χ2v) is 4.75. The molecule has 0 spiro atoms. The number of para-hydroxylation sites is 1. The summed E-state index contributed by atoms with van der Waals surface area (Å²) in [4.78, 5) is 11.7. The fourth-order valence-electron chi connectivity index (χ4n) is 1.68. The maximum atomic E-state index is 12.6. The van der Waals surface area contributed by atoms with E-state index in [2.05, 4.69) is 5.32 Å². The van der Waals surface area contributed by atoms with Gasteiger partial charge in [-0.15, -0.1) is 0 Å². The van der Waals surface area contributed by atoms with Crippen LogP contribution in [0.1, 0.15) is 5.56 Å². The van der Waals surface area contributed by atoms with E-state index < -0.39 is 17.6 Å². The second-order valence-electron chi connectivity index (χ2n) is 4.35. The van der Waals surface area contributed by atoms with Crippen molar-refractivity contribution in [1.29, 1.82) is 0 Å². The number of alkyl halides is 3. The SMILES string of the molecule is O=C(COc1ccccc1Cl)Nc1cccc(C(F)(F)F)c1. The van der Waals surface area contributed by atoms with Crippen LogP contribution in [0.4, 0.5) is 18.9 Å². The van der Waals surface area contributed by atoms with Gasteiger partial charge in [0.25, 0.3) is 5.91 Å². The van der Waals surface area contributed by atoms with Gasteiger partial charge in [0, 0.05) is 5.69 Å². The summed E-state index contributed by atoms with van der Waals surface area (Å²) < 4.78 is 42.9. The van der Waals surface area contributed by atoms with Crippen LogP contribution in [0, 0.1) is 0 Å². The van der Waals surface area contributed by atoms with Gasteiger partial charge >= 0.3 is 6.18 Å². The van der Waals surface area contributed by atoms with E-state index in [0.717, 1.165) is 12.1 Å². The number of ether oxygens (including phenoxy) is 1. The lowest BCUT2D eigenvalue weighted by molar-refractivity contribution is -0.137. The molecule has 2 aromatic carbocycles. The molecule has 0 bridgehead atoms. The number of amides is 1. The molecule has 1 N–H and O–H groups in total. The zero-order chi connectivity index (χ0) is 16.2. The molecular weight excluding hydrogens is 319 g/mol. The minimum Gasteiger partial charge on any atom is -0.482 e. The first-order valence-corrected chi connectivity index (χ1v) is 6.58. The molecule has 22 heavy (non-hydrogen) atoms. The van der Waals surface area contributed by atoms with Gasteiger partial charge in [0.05, 0.1) is 10.6 Å². The van der Waals surface area contributed by atoms with Crippen molar-refractivity contribution in [2.24, 2.45) is 0 Å². The molecule has 0 aliphatic carbocycles. The van der Waals surface area contributed by atoms with Gasteiger partial charge in [0.1, 0.15) is 5.75 Å².